The summed E-state index contributed by atoms with van der Waals surface area (Å²) in [5, 5.41) is 0. The Kier molecular flexibility index (Phi) is 5.90. The topological polar surface area (TPSA) is 37.2 Å². The molecule has 0 aliphatic heterocycles. The molecule has 2 rings (SSSR count). The molecule has 0 unspecified atom stereocenters. The quantitative estimate of drug-likeness (QED) is 0.741. The Hall–Kier alpha value is -1.72. The predicted octanol–water partition coefficient (Wildman–Crippen LogP) is 1.77. The molecule has 5 nitrogen and oxygen atoms in total. The van der Waals surface area contributed by atoms with Gasteiger partial charge in [0.05, 0.1) is 17.7 Å². The zero-order chi connectivity index (χ0) is 15.1. The molecular weight excluding hydrogens is 262 g/mol. The van der Waals surface area contributed by atoms with Crippen molar-refractivity contribution in [2.24, 2.45) is 7.05 Å². The third-order valence-corrected chi connectivity index (χ3v) is 3.49. The van der Waals surface area contributed by atoms with Crippen LogP contribution >= 0.6 is 0 Å². The molecule has 0 aliphatic carbocycles. The predicted molar refractivity (Wildman–Crippen MR) is 84.7 cm³/mol. The van der Waals surface area contributed by atoms with Crippen molar-refractivity contribution < 1.29 is 0 Å². The van der Waals surface area contributed by atoms with Crippen LogP contribution in [0.3, 0.4) is 0 Å². The minimum absolute atomic E-state index is 0.874. The molecule has 0 saturated heterocycles. The fourth-order valence-electron chi connectivity index (χ4n) is 2.31. The Labute approximate surface area is 127 Å². The SMILES string of the molecule is CN(C)CCCN(Cc1ccccn1)Cc1cncn1C. The molecule has 0 saturated carbocycles. The minimum atomic E-state index is 0.874. The number of nitrogens with zero attached hydrogens (tertiary/aromatic N) is 5. The maximum Gasteiger partial charge on any atom is 0.0945 e. The highest BCUT2D eigenvalue weighted by atomic mass is 15.2. The first kappa shape index (κ1) is 15.7. The van der Waals surface area contributed by atoms with Crippen molar-refractivity contribution in [3.8, 4) is 0 Å². The van der Waals surface area contributed by atoms with Gasteiger partial charge in [-0.25, -0.2) is 4.98 Å². The van der Waals surface area contributed by atoms with Gasteiger partial charge in [-0.3, -0.25) is 9.88 Å². The lowest BCUT2D eigenvalue weighted by Crippen LogP contribution is -2.28. The standard InChI is InChI=1S/C16H25N5/c1-19(2)9-6-10-21(12-15-7-4-5-8-18-15)13-16-11-17-14-20(16)3/h4-5,7-8,11,14H,6,9-10,12-13H2,1-3H3. The third-order valence-electron chi connectivity index (χ3n) is 3.49. The third kappa shape index (κ3) is 5.28. The van der Waals surface area contributed by atoms with Crippen LogP contribution in [-0.4, -0.2) is 51.5 Å². The van der Waals surface area contributed by atoms with E-state index in [0.717, 1.165) is 38.3 Å². The maximum atomic E-state index is 4.44. The fourth-order valence-corrected chi connectivity index (χ4v) is 2.31. The summed E-state index contributed by atoms with van der Waals surface area (Å²) in [5.41, 5.74) is 2.35. The van der Waals surface area contributed by atoms with Gasteiger partial charge in [0.1, 0.15) is 0 Å². The molecule has 0 atom stereocenters. The van der Waals surface area contributed by atoms with Crippen LogP contribution in [0.1, 0.15) is 17.8 Å². The molecule has 0 bridgehead atoms. The number of hydrogen-bond donors (Lipinski definition) is 0. The van der Waals surface area contributed by atoms with Gasteiger partial charge in [-0.1, -0.05) is 6.07 Å². The van der Waals surface area contributed by atoms with Crippen LogP contribution < -0.4 is 0 Å². The highest BCUT2D eigenvalue weighted by Crippen LogP contribution is 2.08. The van der Waals surface area contributed by atoms with Crippen LogP contribution in [0.5, 0.6) is 0 Å². The molecule has 21 heavy (non-hydrogen) atoms. The summed E-state index contributed by atoms with van der Waals surface area (Å²) < 4.78 is 2.08. The molecule has 2 heterocycles. The molecule has 2 aromatic heterocycles. The summed E-state index contributed by atoms with van der Waals surface area (Å²) in [4.78, 5) is 13.3. The van der Waals surface area contributed by atoms with E-state index in [1.807, 2.05) is 37.9 Å². The van der Waals surface area contributed by atoms with E-state index in [2.05, 4.69) is 44.5 Å². The number of hydrogen-bond acceptors (Lipinski definition) is 4. The van der Waals surface area contributed by atoms with Crippen LogP contribution in [0, 0.1) is 0 Å². The molecule has 0 spiro atoms. The number of rotatable bonds is 8. The van der Waals surface area contributed by atoms with Gasteiger partial charge in [-0.05, 0) is 39.2 Å². The number of pyridine rings is 1. The van der Waals surface area contributed by atoms with Gasteiger partial charge in [0.15, 0.2) is 0 Å². The molecule has 0 fully saturated rings. The molecule has 2 aromatic rings. The monoisotopic (exact) mass is 287 g/mol. The fraction of sp³-hybridized carbons (Fsp3) is 0.500. The first-order valence-corrected chi connectivity index (χ1v) is 7.37. The van der Waals surface area contributed by atoms with E-state index >= 15 is 0 Å². The molecule has 0 N–H and O–H groups in total. The van der Waals surface area contributed by atoms with E-state index in [-0.39, 0.29) is 0 Å². The lowest BCUT2D eigenvalue weighted by Gasteiger charge is -2.23. The van der Waals surface area contributed by atoms with E-state index in [1.165, 1.54) is 5.69 Å². The van der Waals surface area contributed by atoms with E-state index in [0.29, 0.717) is 0 Å². The van der Waals surface area contributed by atoms with Crippen molar-refractivity contribution in [1.82, 2.24) is 24.3 Å². The van der Waals surface area contributed by atoms with Crippen molar-refractivity contribution in [1.29, 1.82) is 0 Å². The van der Waals surface area contributed by atoms with Gasteiger partial charge < -0.3 is 9.47 Å². The molecule has 0 radical (unpaired) electrons. The summed E-state index contributed by atoms with van der Waals surface area (Å²) >= 11 is 0. The summed E-state index contributed by atoms with van der Waals surface area (Å²) in [6, 6.07) is 6.09. The molecule has 0 aromatic carbocycles. The average molecular weight is 287 g/mol. The normalized spacial score (nSPS) is 11.5. The van der Waals surface area contributed by atoms with Crippen molar-refractivity contribution in [2.45, 2.75) is 19.5 Å². The number of aromatic nitrogens is 3. The van der Waals surface area contributed by atoms with E-state index < -0.39 is 0 Å². The van der Waals surface area contributed by atoms with E-state index in [1.54, 1.807) is 0 Å². The molecule has 0 aliphatic rings. The van der Waals surface area contributed by atoms with Crippen LogP contribution in [0.15, 0.2) is 36.9 Å². The number of imidazole rings is 1. The summed E-state index contributed by atoms with van der Waals surface area (Å²) in [7, 11) is 6.27. The van der Waals surface area contributed by atoms with Crippen molar-refractivity contribution in [3.63, 3.8) is 0 Å². The lowest BCUT2D eigenvalue weighted by atomic mass is 10.2. The Balaban J connectivity index is 1.97. The summed E-state index contributed by atoms with van der Waals surface area (Å²) in [6.45, 7) is 3.93. The minimum Gasteiger partial charge on any atom is -0.337 e. The lowest BCUT2D eigenvalue weighted by molar-refractivity contribution is 0.232. The second kappa shape index (κ2) is 7.90. The zero-order valence-corrected chi connectivity index (χ0v) is 13.2. The van der Waals surface area contributed by atoms with Crippen LogP contribution in [0.4, 0.5) is 0 Å². The van der Waals surface area contributed by atoms with Gasteiger partial charge in [-0.2, -0.15) is 0 Å². The van der Waals surface area contributed by atoms with Gasteiger partial charge >= 0.3 is 0 Å². The molecule has 5 heteroatoms. The Morgan fingerprint density at radius 1 is 1.14 bits per heavy atom. The second-order valence-corrected chi connectivity index (χ2v) is 5.68. The largest absolute Gasteiger partial charge is 0.337 e. The maximum absolute atomic E-state index is 4.44. The summed E-state index contributed by atoms with van der Waals surface area (Å²) in [5.74, 6) is 0. The summed E-state index contributed by atoms with van der Waals surface area (Å²) in [6.07, 6.45) is 6.81. The van der Waals surface area contributed by atoms with E-state index in [4.69, 9.17) is 0 Å². The Morgan fingerprint density at radius 3 is 2.62 bits per heavy atom. The molecular formula is C16H25N5. The van der Waals surface area contributed by atoms with Crippen LogP contribution in [0.2, 0.25) is 0 Å². The van der Waals surface area contributed by atoms with Crippen molar-refractivity contribution >= 4 is 0 Å². The zero-order valence-electron chi connectivity index (χ0n) is 13.2. The second-order valence-electron chi connectivity index (χ2n) is 5.68. The van der Waals surface area contributed by atoms with Gasteiger partial charge in [0.2, 0.25) is 0 Å². The average Bonchev–Trinajstić information content (AvgIpc) is 2.85. The van der Waals surface area contributed by atoms with E-state index in [9.17, 15) is 0 Å². The highest BCUT2D eigenvalue weighted by Gasteiger charge is 2.10. The van der Waals surface area contributed by atoms with Crippen LogP contribution in [0.25, 0.3) is 0 Å². The first-order chi connectivity index (χ1) is 10.1. The molecule has 0 amide bonds. The van der Waals surface area contributed by atoms with Crippen molar-refractivity contribution in [2.75, 3.05) is 27.2 Å². The van der Waals surface area contributed by atoms with Gasteiger partial charge in [0.25, 0.3) is 0 Å². The van der Waals surface area contributed by atoms with Crippen LogP contribution in [-0.2, 0) is 20.1 Å². The van der Waals surface area contributed by atoms with Crippen molar-refractivity contribution in [3.05, 3.63) is 48.3 Å². The highest BCUT2D eigenvalue weighted by molar-refractivity contribution is 5.04. The Bertz CT molecular complexity index is 520. The molecule has 114 valence electrons. The smallest absolute Gasteiger partial charge is 0.0945 e. The number of aryl methyl sites for hydroxylation is 1. The Morgan fingerprint density at radius 2 is 2.00 bits per heavy atom. The first-order valence-electron chi connectivity index (χ1n) is 7.37. The van der Waals surface area contributed by atoms with Gasteiger partial charge in [0, 0.05) is 39.1 Å². The van der Waals surface area contributed by atoms with Gasteiger partial charge in [-0.15, -0.1) is 0 Å².